The van der Waals surface area contributed by atoms with Crippen LogP contribution >= 0.6 is 11.5 Å². The highest BCUT2D eigenvalue weighted by molar-refractivity contribution is 7.09. The molecule has 3 amide bonds. The van der Waals surface area contributed by atoms with E-state index in [1.54, 1.807) is 18.2 Å². The normalized spacial score (nSPS) is 12.5. The van der Waals surface area contributed by atoms with E-state index in [9.17, 15) is 18.8 Å². The van der Waals surface area contributed by atoms with Gasteiger partial charge in [-0.3, -0.25) is 19.3 Å². The summed E-state index contributed by atoms with van der Waals surface area (Å²) < 4.78 is 28.7. The van der Waals surface area contributed by atoms with Crippen LogP contribution in [0.2, 0.25) is 0 Å². The second-order valence-electron chi connectivity index (χ2n) is 8.51. The molecule has 0 fully saturated rings. The second kappa shape index (κ2) is 10.8. The summed E-state index contributed by atoms with van der Waals surface area (Å²) in [6.45, 7) is 0.171. The number of nitrogen functional groups attached to an aromatic ring is 1. The molecule has 1 aliphatic heterocycles. The molecule has 0 saturated carbocycles. The van der Waals surface area contributed by atoms with Gasteiger partial charge in [0.15, 0.2) is 17.2 Å². The van der Waals surface area contributed by atoms with E-state index in [4.69, 9.17) is 20.9 Å². The number of benzene rings is 3. The molecule has 0 aliphatic carbocycles. The summed E-state index contributed by atoms with van der Waals surface area (Å²) in [4.78, 5) is 40.8. The number of anilines is 2. The zero-order valence-electron chi connectivity index (χ0n) is 20.3. The molecule has 5 rings (SSSR count). The topological polar surface area (TPSA) is 150 Å². The van der Waals surface area contributed by atoms with Crippen molar-refractivity contribution in [2.45, 2.75) is 12.6 Å². The molecule has 10 nitrogen and oxygen atoms in total. The molecule has 0 bridgehead atoms. The maximum atomic E-state index is 14.1. The lowest BCUT2D eigenvalue weighted by atomic mass is 10.0. The zero-order chi connectivity index (χ0) is 27.5. The van der Waals surface area contributed by atoms with Crippen LogP contribution < -0.4 is 31.2 Å². The Labute approximate surface area is 226 Å². The summed E-state index contributed by atoms with van der Waals surface area (Å²) in [5, 5.41) is 2.86. The Bertz CT molecular complexity index is 1540. The maximum absolute atomic E-state index is 14.1. The standard InChI is InChI=1S/C27H22FN5O5S/c28-17-8-6-16(7-9-17)23(26(35)31-13-15-4-2-1-3-5-15)33(18-10-11-19-20(12-18)38-14-37-19)27(36)24-21(29)22(25(30)34)32-39-24/h1-12,23H,13-14,29H2,(H2,30,34)(H,31,35)/t23-/m0/s1. The summed E-state index contributed by atoms with van der Waals surface area (Å²) in [6, 6.07) is 17.9. The van der Waals surface area contributed by atoms with Gasteiger partial charge in [0.05, 0.1) is 5.69 Å². The minimum absolute atomic E-state index is 0.00451. The monoisotopic (exact) mass is 547 g/mol. The number of aromatic nitrogens is 1. The Hall–Kier alpha value is -4.97. The van der Waals surface area contributed by atoms with Gasteiger partial charge >= 0.3 is 0 Å². The number of ether oxygens (including phenoxy) is 2. The van der Waals surface area contributed by atoms with Crippen LogP contribution in [0.4, 0.5) is 15.8 Å². The Morgan fingerprint density at radius 2 is 1.74 bits per heavy atom. The molecule has 4 aromatic rings. The van der Waals surface area contributed by atoms with Gasteiger partial charge in [-0.1, -0.05) is 42.5 Å². The third-order valence-electron chi connectivity index (χ3n) is 6.01. The van der Waals surface area contributed by atoms with Crippen LogP contribution in [0.1, 0.15) is 37.3 Å². The van der Waals surface area contributed by atoms with Crippen LogP contribution in [-0.2, 0) is 11.3 Å². The van der Waals surface area contributed by atoms with Crippen molar-refractivity contribution in [3.05, 3.63) is 100 Å². The Kier molecular flexibility index (Phi) is 7.10. The first-order valence-corrected chi connectivity index (χ1v) is 12.5. The highest BCUT2D eigenvalue weighted by Gasteiger charge is 2.36. The lowest BCUT2D eigenvalue weighted by molar-refractivity contribution is -0.122. The molecule has 1 aromatic heterocycles. The van der Waals surface area contributed by atoms with E-state index in [1.807, 2.05) is 30.3 Å². The molecule has 39 heavy (non-hydrogen) atoms. The van der Waals surface area contributed by atoms with Crippen molar-refractivity contribution in [3.63, 3.8) is 0 Å². The zero-order valence-corrected chi connectivity index (χ0v) is 21.1. The van der Waals surface area contributed by atoms with Gasteiger partial charge in [-0.15, -0.1) is 0 Å². The number of fused-ring (bicyclic) bond motifs is 1. The van der Waals surface area contributed by atoms with Gasteiger partial charge in [-0.2, -0.15) is 4.37 Å². The lowest BCUT2D eigenvalue weighted by Gasteiger charge is -2.31. The number of nitrogens with zero attached hydrogens (tertiary/aromatic N) is 2. The molecule has 0 spiro atoms. The predicted molar refractivity (Wildman–Crippen MR) is 142 cm³/mol. The molecule has 198 valence electrons. The van der Waals surface area contributed by atoms with Gasteiger partial charge in [-0.25, -0.2) is 4.39 Å². The number of hydrogen-bond acceptors (Lipinski definition) is 8. The van der Waals surface area contributed by atoms with Crippen molar-refractivity contribution in [3.8, 4) is 11.5 Å². The number of carbonyl (C=O) groups is 3. The fourth-order valence-electron chi connectivity index (χ4n) is 4.10. The third kappa shape index (κ3) is 5.22. The average Bonchev–Trinajstić information content (AvgIpc) is 3.57. The Morgan fingerprint density at radius 3 is 2.44 bits per heavy atom. The highest BCUT2D eigenvalue weighted by Crippen LogP contribution is 2.39. The SMILES string of the molecule is NC(=O)c1nsc(C(=O)N(c2ccc3c(c2)OCO3)[C@H](C(=O)NCc2ccccc2)c2ccc(F)cc2)c1N. The molecule has 0 unspecified atom stereocenters. The van der Waals surface area contributed by atoms with Crippen molar-refractivity contribution in [2.75, 3.05) is 17.4 Å². The van der Waals surface area contributed by atoms with Crippen LogP contribution in [0, 0.1) is 5.82 Å². The van der Waals surface area contributed by atoms with E-state index in [-0.39, 0.29) is 35.3 Å². The quantitative estimate of drug-likeness (QED) is 0.306. The van der Waals surface area contributed by atoms with E-state index < -0.39 is 29.6 Å². The molecule has 1 atom stereocenters. The van der Waals surface area contributed by atoms with Gasteiger partial charge in [0.2, 0.25) is 12.7 Å². The molecule has 5 N–H and O–H groups in total. The van der Waals surface area contributed by atoms with Crippen LogP contribution in [0.5, 0.6) is 11.5 Å². The van der Waals surface area contributed by atoms with Crippen LogP contribution in [0.3, 0.4) is 0 Å². The number of halogens is 1. The van der Waals surface area contributed by atoms with E-state index in [0.29, 0.717) is 28.6 Å². The Balaban J connectivity index is 1.62. The number of hydrogen-bond donors (Lipinski definition) is 3. The number of primary amides is 1. The van der Waals surface area contributed by atoms with Crippen LogP contribution in [-0.4, -0.2) is 28.9 Å². The number of carbonyl (C=O) groups excluding carboxylic acids is 3. The molecule has 3 aromatic carbocycles. The summed E-state index contributed by atoms with van der Waals surface area (Å²) >= 11 is 0.683. The van der Waals surface area contributed by atoms with Gasteiger partial charge in [0, 0.05) is 18.3 Å². The molecule has 12 heteroatoms. The summed E-state index contributed by atoms with van der Waals surface area (Å²) in [5.74, 6) is -1.85. The van der Waals surface area contributed by atoms with Crippen molar-refractivity contribution < 1.29 is 28.2 Å². The number of amides is 3. The summed E-state index contributed by atoms with van der Waals surface area (Å²) in [6.07, 6.45) is 0. The van der Waals surface area contributed by atoms with Gasteiger partial charge in [0.25, 0.3) is 11.8 Å². The van der Waals surface area contributed by atoms with E-state index >= 15 is 0 Å². The molecular formula is C27H22FN5O5S. The average molecular weight is 548 g/mol. The molecule has 0 saturated heterocycles. The number of nitrogens with one attached hydrogen (secondary N) is 1. The van der Waals surface area contributed by atoms with Crippen LogP contribution in [0.15, 0.2) is 72.8 Å². The Morgan fingerprint density at radius 1 is 1.03 bits per heavy atom. The van der Waals surface area contributed by atoms with Crippen molar-refractivity contribution in [1.29, 1.82) is 0 Å². The minimum Gasteiger partial charge on any atom is -0.454 e. The maximum Gasteiger partial charge on any atom is 0.273 e. The summed E-state index contributed by atoms with van der Waals surface area (Å²) in [7, 11) is 0. The minimum atomic E-state index is -1.28. The van der Waals surface area contributed by atoms with Crippen molar-refractivity contribution in [2.24, 2.45) is 5.73 Å². The van der Waals surface area contributed by atoms with Gasteiger partial charge < -0.3 is 26.3 Å². The predicted octanol–water partition coefficient (Wildman–Crippen LogP) is 3.40. The van der Waals surface area contributed by atoms with Crippen molar-refractivity contribution >= 4 is 40.6 Å². The van der Waals surface area contributed by atoms with Gasteiger partial charge in [0.1, 0.15) is 16.7 Å². The van der Waals surface area contributed by atoms with E-state index in [0.717, 1.165) is 5.56 Å². The van der Waals surface area contributed by atoms with E-state index in [2.05, 4.69) is 9.69 Å². The lowest BCUT2D eigenvalue weighted by Crippen LogP contribution is -2.44. The first-order chi connectivity index (χ1) is 18.8. The molecule has 2 heterocycles. The fraction of sp³-hybridized carbons (Fsp3) is 0.111. The molecule has 0 radical (unpaired) electrons. The summed E-state index contributed by atoms with van der Waals surface area (Å²) in [5.41, 5.74) is 12.4. The molecule has 1 aliphatic rings. The van der Waals surface area contributed by atoms with Crippen molar-refractivity contribution in [1.82, 2.24) is 9.69 Å². The second-order valence-corrected chi connectivity index (χ2v) is 9.28. The number of nitrogens with two attached hydrogens (primary N) is 2. The largest absolute Gasteiger partial charge is 0.454 e. The van der Waals surface area contributed by atoms with Crippen LogP contribution in [0.25, 0.3) is 0 Å². The number of rotatable bonds is 8. The fourth-order valence-corrected chi connectivity index (χ4v) is 4.84. The first-order valence-electron chi connectivity index (χ1n) is 11.7. The first kappa shape index (κ1) is 25.7. The van der Waals surface area contributed by atoms with E-state index in [1.165, 1.54) is 29.2 Å². The highest BCUT2D eigenvalue weighted by atomic mass is 32.1. The smallest absolute Gasteiger partial charge is 0.273 e. The molecular weight excluding hydrogens is 525 g/mol. The van der Waals surface area contributed by atoms with Gasteiger partial charge in [-0.05, 0) is 46.9 Å². The third-order valence-corrected chi connectivity index (χ3v) is 6.86.